The predicted octanol–water partition coefficient (Wildman–Crippen LogP) is 3.10. The number of hydrogen-bond donors (Lipinski definition) is 1. The highest BCUT2D eigenvalue weighted by Gasteiger charge is 2.38. The van der Waals surface area contributed by atoms with E-state index in [1.165, 1.54) is 0 Å². The second kappa shape index (κ2) is 7.48. The van der Waals surface area contributed by atoms with Gasteiger partial charge >= 0.3 is 16.3 Å². The summed E-state index contributed by atoms with van der Waals surface area (Å²) < 4.78 is 80.1. The molecule has 0 aliphatic rings. The molecule has 1 heterocycles. The monoisotopic (exact) mass is 387 g/mol. The van der Waals surface area contributed by atoms with E-state index in [9.17, 15) is 21.6 Å². The minimum absolute atomic E-state index is 0.00597. The lowest BCUT2D eigenvalue weighted by Gasteiger charge is -2.25. The van der Waals surface area contributed by atoms with E-state index in [0.717, 1.165) is 6.07 Å². The van der Waals surface area contributed by atoms with Crippen molar-refractivity contribution in [3.8, 4) is 0 Å². The third-order valence-electron chi connectivity index (χ3n) is 3.34. The van der Waals surface area contributed by atoms with E-state index < -0.39 is 35.0 Å². The third kappa shape index (κ3) is 6.13. The van der Waals surface area contributed by atoms with Crippen LogP contribution in [0.4, 0.5) is 13.2 Å². The van der Waals surface area contributed by atoms with Crippen molar-refractivity contribution < 1.29 is 35.6 Å². The average molecular weight is 387 g/mol. The van der Waals surface area contributed by atoms with Crippen LogP contribution in [0.2, 0.25) is 19.6 Å². The van der Waals surface area contributed by atoms with Gasteiger partial charge in [0.05, 0.1) is 25.9 Å². The number of alkyl halides is 3. The summed E-state index contributed by atoms with van der Waals surface area (Å²) in [5.41, 5.74) is -1.59. The van der Waals surface area contributed by atoms with E-state index in [0.29, 0.717) is 6.07 Å². The molecule has 0 radical (unpaired) electrons. The molecule has 0 saturated carbocycles. The Bertz CT molecular complexity index is 673. The maximum Gasteiger partial charge on any atom is 0.419 e. The van der Waals surface area contributed by atoms with Crippen LogP contribution >= 0.6 is 0 Å². The van der Waals surface area contributed by atoms with Gasteiger partial charge in [-0.25, -0.2) is 4.98 Å². The summed E-state index contributed by atoms with van der Waals surface area (Å²) in [4.78, 5) is 3.35. The maximum atomic E-state index is 12.8. The molecule has 1 aromatic rings. The lowest BCUT2D eigenvalue weighted by molar-refractivity contribution is -0.140. The van der Waals surface area contributed by atoms with Crippen LogP contribution in [0.25, 0.3) is 0 Å². The second-order valence-corrected chi connectivity index (χ2v) is 13.2. The van der Waals surface area contributed by atoms with Crippen LogP contribution in [0.3, 0.4) is 0 Å². The van der Waals surface area contributed by atoms with E-state index in [-0.39, 0.29) is 24.8 Å². The van der Waals surface area contributed by atoms with E-state index in [1.54, 1.807) is 0 Å². The largest absolute Gasteiger partial charge is 0.419 e. The molecule has 0 aliphatic heterocycles. The molecule has 24 heavy (non-hydrogen) atoms. The van der Waals surface area contributed by atoms with Crippen molar-refractivity contribution in [2.24, 2.45) is 0 Å². The molecule has 0 fully saturated rings. The lowest BCUT2D eigenvalue weighted by Crippen LogP contribution is -2.38. The number of halogens is 3. The molecule has 1 atom stereocenters. The fourth-order valence-electron chi connectivity index (χ4n) is 1.52. The molecule has 1 unspecified atom stereocenters. The first kappa shape index (κ1) is 21.0. The first-order chi connectivity index (χ1) is 10.7. The van der Waals surface area contributed by atoms with Crippen molar-refractivity contribution in [1.29, 1.82) is 0 Å². The van der Waals surface area contributed by atoms with E-state index in [1.807, 2.05) is 6.92 Å². The minimum Gasteiger partial charge on any atom is -0.356 e. The summed E-state index contributed by atoms with van der Waals surface area (Å²) in [6, 6.07) is 1.53. The van der Waals surface area contributed by atoms with Gasteiger partial charge < -0.3 is 9.47 Å². The fraction of sp³-hybridized carbons (Fsp3) is 0.615. The molecule has 138 valence electrons. The zero-order valence-electron chi connectivity index (χ0n) is 13.7. The fourth-order valence-corrected chi connectivity index (χ4v) is 2.78. The zero-order chi connectivity index (χ0) is 18.8. The molecule has 0 saturated heterocycles. The summed E-state index contributed by atoms with van der Waals surface area (Å²) in [6.45, 7) is 7.87. The van der Waals surface area contributed by atoms with Gasteiger partial charge in [-0.2, -0.15) is 21.6 Å². The molecule has 1 N–H and O–H groups in total. The van der Waals surface area contributed by atoms with Crippen LogP contribution in [0, 0.1) is 0 Å². The highest BCUT2D eigenvalue weighted by atomic mass is 32.2. The number of nitrogens with zero attached hydrogens (tertiary/aromatic N) is 1. The Hall–Kier alpha value is -1.01. The zero-order valence-corrected chi connectivity index (χ0v) is 15.5. The van der Waals surface area contributed by atoms with Gasteiger partial charge in [-0.3, -0.25) is 4.55 Å². The number of hydrogen-bond acceptors (Lipinski definition) is 5. The Labute approximate surface area is 139 Å². The number of rotatable bonds is 7. The molecule has 0 aromatic carbocycles. The van der Waals surface area contributed by atoms with Crippen molar-refractivity contribution >= 4 is 18.2 Å². The number of pyridine rings is 1. The topological polar surface area (TPSA) is 85.7 Å². The Kier molecular flexibility index (Phi) is 6.55. The van der Waals surface area contributed by atoms with Crippen LogP contribution in [0.1, 0.15) is 18.2 Å². The van der Waals surface area contributed by atoms with Gasteiger partial charge in [-0.1, -0.05) is 19.6 Å². The van der Waals surface area contributed by atoms with Crippen molar-refractivity contribution in [2.45, 2.75) is 50.1 Å². The highest BCUT2D eigenvalue weighted by Crippen LogP contribution is 2.33. The molecule has 0 bridgehead atoms. The van der Waals surface area contributed by atoms with Crippen LogP contribution in [-0.4, -0.2) is 38.5 Å². The van der Waals surface area contributed by atoms with Crippen molar-refractivity contribution in [2.75, 3.05) is 6.79 Å². The maximum absolute atomic E-state index is 12.8. The molecule has 0 amide bonds. The average Bonchev–Trinajstić information content (AvgIpc) is 2.40. The van der Waals surface area contributed by atoms with Gasteiger partial charge in [-0.15, -0.1) is 0 Å². The Morgan fingerprint density at radius 3 is 2.33 bits per heavy atom. The SMILES string of the molecule is CC(OCOCc1ccc(C(F)(F)F)c(S(=O)(=O)O)n1)[Si](C)(C)C. The van der Waals surface area contributed by atoms with Crippen LogP contribution in [0.15, 0.2) is 17.2 Å². The first-order valence-electron chi connectivity index (χ1n) is 6.97. The lowest BCUT2D eigenvalue weighted by atomic mass is 10.2. The molecule has 0 spiro atoms. The third-order valence-corrected chi connectivity index (χ3v) is 6.74. The van der Waals surface area contributed by atoms with Gasteiger partial charge in [0.15, 0.2) is 5.03 Å². The smallest absolute Gasteiger partial charge is 0.356 e. The normalized spacial score (nSPS) is 14.7. The van der Waals surface area contributed by atoms with Crippen molar-refractivity contribution in [3.63, 3.8) is 0 Å². The van der Waals surface area contributed by atoms with E-state index in [2.05, 4.69) is 24.6 Å². The summed E-state index contributed by atoms with van der Waals surface area (Å²) >= 11 is 0. The molecule has 1 aromatic heterocycles. The Morgan fingerprint density at radius 1 is 1.29 bits per heavy atom. The standard InChI is InChI=1S/C13H20F3NO5SSi/c1-9(24(2,3)4)22-8-21-7-10-5-6-11(13(14,15)16)12(17-10)23(18,19)20/h5-6,9H,7-8H2,1-4H3,(H,18,19,20). The van der Waals surface area contributed by atoms with Crippen LogP contribution < -0.4 is 0 Å². The molecule has 1 rings (SSSR count). The summed E-state index contributed by atoms with van der Waals surface area (Å²) in [5, 5.41) is -1.44. The first-order valence-corrected chi connectivity index (χ1v) is 12.0. The summed E-state index contributed by atoms with van der Waals surface area (Å²) in [5.74, 6) is 0. The predicted molar refractivity (Wildman–Crippen MR) is 82.6 cm³/mol. The molecule has 0 aliphatic carbocycles. The van der Waals surface area contributed by atoms with Crippen LogP contribution in [0.5, 0.6) is 0 Å². The number of aromatic nitrogens is 1. The summed E-state index contributed by atoms with van der Waals surface area (Å²) in [6.07, 6.45) is -4.95. The molecule has 6 nitrogen and oxygen atoms in total. The molecular formula is C13H20F3NO5SSi. The minimum atomic E-state index is -5.11. The number of ether oxygens (including phenoxy) is 2. The molecular weight excluding hydrogens is 367 g/mol. The van der Waals surface area contributed by atoms with Gasteiger partial charge in [0.2, 0.25) is 0 Å². The van der Waals surface area contributed by atoms with E-state index in [4.69, 9.17) is 14.0 Å². The molecule has 11 heteroatoms. The van der Waals surface area contributed by atoms with Crippen molar-refractivity contribution in [1.82, 2.24) is 4.98 Å². The Morgan fingerprint density at radius 2 is 1.88 bits per heavy atom. The van der Waals surface area contributed by atoms with Gasteiger partial charge in [0, 0.05) is 5.73 Å². The van der Waals surface area contributed by atoms with Crippen molar-refractivity contribution in [3.05, 3.63) is 23.4 Å². The summed E-state index contributed by atoms with van der Waals surface area (Å²) in [7, 11) is -6.62. The van der Waals surface area contributed by atoms with Gasteiger partial charge in [0.25, 0.3) is 0 Å². The van der Waals surface area contributed by atoms with Gasteiger partial charge in [0.1, 0.15) is 6.79 Å². The Balaban J connectivity index is 2.82. The van der Waals surface area contributed by atoms with Crippen LogP contribution in [-0.2, 0) is 32.4 Å². The van der Waals surface area contributed by atoms with Gasteiger partial charge in [-0.05, 0) is 19.1 Å². The van der Waals surface area contributed by atoms with E-state index >= 15 is 0 Å². The second-order valence-electron chi connectivity index (χ2n) is 6.27. The quantitative estimate of drug-likeness (QED) is 0.335. The highest BCUT2D eigenvalue weighted by molar-refractivity contribution is 7.85.